The van der Waals surface area contributed by atoms with E-state index in [4.69, 9.17) is 9.47 Å². The van der Waals surface area contributed by atoms with Crippen molar-refractivity contribution in [2.24, 2.45) is 5.41 Å². The lowest BCUT2D eigenvalue weighted by Crippen LogP contribution is -2.48. The van der Waals surface area contributed by atoms with Crippen molar-refractivity contribution in [2.45, 2.75) is 19.4 Å². The smallest absolute Gasteiger partial charge is 0.123 e. The minimum atomic E-state index is -0.190. The largest absolute Gasteiger partial charge is 0.488 e. The summed E-state index contributed by atoms with van der Waals surface area (Å²) in [6.45, 7) is 5.61. The maximum absolute atomic E-state index is 13.1. The number of benzene rings is 1. The van der Waals surface area contributed by atoms with Crippen LogP contribution in [-0.4, -0.2) is 32.4 Å². The normalized spacial score (nSPS) is 24.2. The Morgan fingerprint density at radius 2 is 2.28 bits per heavy atom. The summed E-state index contributed by atoms with van der Waals surface area (Å²) in [6, 6.07) is 4.73. The molecule has 2 aliphatic heterocycles. The molecule has 1 aromatic rings. The summed E-state index contributed by atoms with van der Waals surface area (Å²) in [5.41, 5.74) is 1.25. The van der Waals surface area contributed by atoms with Crippen molar-refractivity contribution in [1.82, 2.24) is 5.32 Å². The quantitative estimate of drug-likeness (QED) is 0.884. The van der Waals surface area contributed by atoms with Crippen molar-refractivity contribution in [3.63, 3.8) is 0 Å². The van der Waals surface area contributed by atoms with E-state index >= 15 is 0 Å². The van der Waals surface area contributed by atoms with E-state index in [-0.39, 0.29) is 17.3 Å². The van der Waals surface area contributed by atoms with Gasteiger partial charge in [-0.3, -0.25) is 0 Å². The Kier molecular flexibility index (Phi) is 2.99. The Morgan fingerprint density at radius 1 is 1.44 bits per heavy atom. The molecule has 2 aliphatic rings. The van der Waals surface area contributed by atoms with Crippen LogP contribution in [-0.2, 0) is 11.2 Å². The minimum Gasteiger partial charge on any atom is -0.488 e. The SMILES string of the molecule is CC1(CNCC2Cc3cc(F)ccc3O2)COC1. The topological polar surface area (TPSA) is 30.5 Å². The molecule has 1 N–H and O–H groups in total. The third-order valence-electron chi connectivity index (χ3n) is 3.59. The van der Waals surface area contributed by atoms with Crippen molar-refractivity contribution in [3.05, 3.63) is 29.6 Å². The standard InChI is InChI=1S/C14H18FNO2/c1-14(8-17-9-14)7-16-6-12-5-10-4-11(15)2-3-13(10)18-12/h2-4,12,16H,5-9H2,1H3. The summed E-state index contributed by atoms with van der Waals surface area (Å²) in [5.74, 6) is 0.631. The van der Waals surface area contributed by atoms with Crippen LogP contribution in [0.2, 0.25) is 0 Å². The van der Waals surface area contributed by atoms with Crippen LogP contribution in [0.15, 0.2) is 18.2 Å². The molecule has 0 aliphatic carbocycles. The second-order valence-electron chi connectivity index (χ2n) is 5.63. The highest BCUT2D eigenvalue weighted by atomic mass is 19.1. The molecule has 2 heterocycles. The van der Waals surface area contributed by atoms with Gasteiger partial charge < -0.3 is 14.8 Å². The summed E-state index contributed by atoms with van der Waals surface area (Å²) in [6.07, 6.45) is 0.902. The minimum absolute atomic E-state index is 0.117. The second kappa shape index (κ2) is 4.52. The number of hydrogen-bond acceptors (Lipinski definition) is 3. The van der Waals surface area contributed by atoms with E-state index in [1.165, 1.54) is 6.07 Å². The number of rotatable bonds is 4. The molecule has 1 saturated heterocycles. The van der Waals surface area contributed by atoms with Gasteiger partial charge in [-0.2, -0.15) is 0 Å². The van der Waals surface area contributed by atoms with Crippen LogP contribution in [0.4, 0.5) is 4.39 Å². The van der Waals surface area contributed by atoms with Gasteiger partial charge in [0.2, 0.25) is 0 Å². The zero-order chi connectivity index (χ0) is 12.6. The number of fused-ring (bicyclic) bond motifs is 1. The molecule has 4 heteroatoms. The number of nitrogens with one attached hydrogen (secondary N) is 1. The average Bonchev–Trinajstić information content (AvgIpc) is 2.68. The fourth-order valence-corrected chi connectivity index (χ4v) is 2.49. The van der Waals surface area contributed by atoms with Crippen molar-refractivity contribution in [3.8, 4) is 5.75 Å². The fourth-order valence-electron chi connectivity index (χ4n) is 2.49. The third kappa shape index (κ3) is 2.35. The van der Waals surface area contributed by atoms with E-state index in [0.717, 1.165) is 44.0 Å². The van der Waals surface area contributed by atoms with E-state index < -0.39 is 0 Å². The van der Waals surface area contributed by atoms with Crippen LogP contribution < -0.4 is 10.1 Å². The first-order chi connectivity index (χ1) is 8.65. The zero-order valence-electron chi connectivity index (χ0n) is 10.5. The van der Waals surface area contributed by atoms with Crippen molar-refractivity contribution in [1.29, 1.82) is 0 Å². The van der Waals surface area contributed by atoms with Gasteiger partial charge in [-0.15, -0.1) is 0 Å². The van der Waals surface area contributed by atoms with Gasteiger partial charge in [0.15, 0.2) is 0 Å². The molecule has 0 radical (unpaired) electrons. The first kappa shape index (κ1) is 11.9. The van der Waals surface area contributed by atoms with Crippen LogP contribution in [0.1, 0.15) is 12.5 Å². The zero-order valence-corrected chi connectivity index (χ0v) is 10.5. The third-order valence-corrected chi connectivity index (χ3v) is 3.59. The highest BCUT2D eigenvalue weighted by Crippen LogP contribution is 2.29. The molecule has 0 amide bonds. The lowest BCUT2D eigenvalue weighted by atomic mass is 9.89. The van der Waals surface area contributed by atoms with Crippen LogP contribution in [0.3, 0.4) is 0 Å². The Bertz CT molecular complexity index is 445. The first-order valence-electron chi connectivity index (χ1n) is 6.38. The molecule has 1 fully saturated rings. The number of ether oxygens (including phenoxy) is 2. The van der Waals surface area contributed by atoms with Gasteiger partial charge in [-0.25, -0.2) is 4.39 Å². The lowest BCUT2D eigenvalue weighted by molar-refractivity contribution is -0.0994. The molecular formula is C14H18FNO2. The highest BCUT2D eigenvalue weighted by molar-refractivity contribution is 5.37. The van der Waals surface area contributed by atoms with Crippen molar-refractivity contribution < 1.29 is 13.9 Å². The highest BCUT2D eigenvalue weighted by Gasteiger charge is 2.33. The molecule has 98 valence electrons. The molecule has 1 atom stereocenters. The van der Waals surface area contributed by atoms with Gasteiger partial charge in [0.25, 0.3) is 0 Å². The van der Waals surface area contributed by atoms with Gasteiger partial charge in [0.1, 0.15) is 17.7 Å². The van der Waals surface area contributed by atoms with Gasteiger partial charge in [-0.1, -0.05) is 6.92 Å². The summed E-state index contributed by atoms with van der Waals surface area (Å²) >= 11 is 0. The molecule has 3 nitrogen and oxygen atoms in total. The van der Waals surface area contributed by atoms with Crippen molar-refractivity contribution in [2.75, 3.05) is 26.3 Å². The molecule has 0 bridgehead atoms. The van der Waals surface area contributed by atoms with Gasteiger partial charge in [0.05, 0.1) is 13.2 Å². The summed E-state index contributed by atoms with van der Waals surface area (Å²) < 4.78 is 24.0. The summed E-state index contributed by atoms with van der Waals surface area (Å²) in [5, 5.41) is 3.42. The van der Waals surface area contributed by atoms with Crippen molar-refractivity contribution >= 4 is 0 Å². The van der Waals surface area contributed by atoms with Gasteiger partial charge in [-0.05, 0) is 18.2 Å². The molecular weight excluding hydrogens is 233 g/mol. The van der Waals surface area contributed by atoms with E-state index in [0.29, 0.717) is 0 Å². The molecule has 1 aromatic carbocycles. The average molecular weight is 251 g/mol. The Morgan fingerprint density at radius 3 is 3.00 bits per heavy atom. The summed E-state index contributed by atoms with van der Waals surface area (Å²) in [7, 11) is 0. The summed E-state index contributed by atoms with van der Waals surface area (Å²) in [4.78, 5) is 0. The molecule has 18 heavy (non-hydrogen) atoms. The van der Waals surface area contributed by atoms with E-state index in [1.54, 1.807) is 12.1 Å². The Labute approximate surface area is 106 Å². The van der Waals surface area contributed by atoms with Crippen LogP contribution in [0, 0.1) is 11.2 Å². The monoisotopic (exact) mass is 251 g/mol. The number of halogens is 1. The van der Waals surface area contributed by atoms with Crippen LogP contribution in [0.5, 0.6) is 5.75 Å². The fraction of sp³-hybridized carbons (Fsp3) is 0.571. The molecule has 0 spiro atoms. The second-order valence-corrected chi connectivity index (χ2v) is 5.63. The molecule has 0 aromatic heterocycles. The van der Waals surface area contributed by atoms with E-state index in [1.807, 2.05) is 0 Å². The maximum atomic E-state index is 13.1. The Balaban J connectivity index is 1.49. The van der Waals surface area contributed by atoms with Gasteiger partial charge in [0, 0.05) is 30.5 Å². The molecule has 0 saturated carbocycles. The van der Waals surface area contributed by atoms with Gasteiger partial charge >= 0.3 is 0 Å². The molecule has 1 unspecified atom stereocenters. The predicted octanol–water partition coefficient (Wildman–Crippen LogP) is 1.76. The predicted molar refractivity (Wildman–Crippen MR) is 66.3 cm³/mol. The van der Waals surface area contributed by atoms with E-state index in [9.17, 15) is 4.39 Å². The van der Waals surface area contributed by atoms with Crippen LogP contribution in [0.25, 0.3) is 0 Å². The number of hydrogen-bond donors (Lipinski definition) is 1. The lowest BCUT2D eigenvalue weighted by Gasteiger charge is -2.38. The van der Waals surface area contributed by atoms with Crippen LogP contribution >= 0.6 is 0 Å². The molecule has 3 rings (SSSR count). The first-order valence-corrected chi connectivity index (χ1v) is 6.38. The maximum Gasteiger partial charge on any atom is 0.123 e. The van der Waals surface area contributed by atoms with E-state index in [2.05, 4.69) is 12.2 Å². The Hall–Kier alpha value is -1.13.